The Morgan fingerprint density at radius 1 is 0.485 bits per heavy atom. The van der Waals surface area contributed by atoms with Crippen LogP contribution >= 0.6 is 0 Å². The summed E-state index contributed by atoms with van der Waals surface area (Å²) in [5.74, 6) is 0. The zero-order chi connectivity index (χ0) is 22.0. The quantitative estimate of drug-likeness (QED) is 0.356. The van der Waals surface area contributed by atoms with Gasteiger partial charge in [0.15, 0.2) is 0 Å². The number of benzene rings is 4. The Bertz CT molecular complexity index is 2300. The van der Waals surface area contributed by atoms with Gasteiger partial charge in [0.1, 0.15) is 0 Å². The molecule has 0 unspecified atom stereocenters. The van der Waals surface area contributed by atoms with Crippen LogP contribution in [0.15, 0.2) is 91.6 Å². The van der Waals surface area contributed by atoms with E-state index in [-0.39, 0.29) is 16.3 Å². The van der Waals surface area contributed by atoms with E-state index in [1.165, 1.54) is 0 Å². The lowest BCUT2D eigenvalue weighted by Crippen LogP contribution is -2.09. The first kappa shape index (κ1) is 16.9. The molecule has 8 aromatic rings. The molecule has 4 aromatic carbocycles. The number of hydrogen-bond donors (Lipinski definition) is 0. The highest BCUT2D eigenvalue weighted by molar-refractivity contribution is 6.36. The van der Waals surface area contributed by atoms with Crippen LogP contribution < -0.4 is 16.8 Å². The largest absolute Gasteiger partial charge is 0.386 e. The molecule has 0 fully saturated rings. The van der Waals surface area contributed by atoms with E-state index in [1.807, 2.05) is 77.2 Å². The van der Waals surface area contributed by atoms with Gasteiger partial charge in [-0.15, -0.1) is 0 Å². The maximum Gasteiger partial charge on any atom is 0.347 e. The van der Waals surface area contributed by atoms with Gasteiger partial charge in [0.2, 0.25) is 0 Å². The number of furan rings is 1. The predicted molar refractivity (Wildman–Crippen MR) is 129 cm³/mol. The summed E-state index contributed by atoms with van der Waals surface area (Å²) >= 11 is 0. The van der Waals surface area contributed by atoms with Gasteiger partial charge in [-0.3, -0.25) is 9.20 Å². The molecule has 0 aliphatic rings. The van der Waals surface area contributed by atoms with Gasteiger partial charge in [0.05, 0.1) is 43.7 Å². The summed E-state index contributed by atoms with van der Waals surface area (Å²) in [6, 6.07) is 22.7. The second-order valence-electron chi connectivity index (χ2n) is 8.40. The van der Waals surface area contributed by atoms with E-state index in [2.05, 4.69) is 0 Å². The van der Waals surface area contributed by atoms with E-state index in [4.69, 9.17) is 4.42 Å². The van der Waals surface area contributed by atoms with Crippen LogP contribution in [0.3, 0.4) is 0 Å². The van der Waals surface area contributed by atoms with Crippen LogP contribution in [0.1, 0.15) is 0 Å². The fourth-order valence-electron chi connectivity index (χ4n) is 5.71. The Hall–Kier alpha value is -4.71. The summed E-state index contributed by atoms with van der Waals surface area (Å²) < 4.78 is 8.86. The molecule has 0 N–H and O–H groups in total. The second-order valence-corrected chi connectivity index (χ2v) is 8.40. The van der Waals surface area contributed by atoms with Crippen molar-refractivity contribution < 1.29 is 4.42 Å². The fourth-order valence-corrected chi connectivity index (χ4v) is 5.71. The summed E-state index contributed by atoms with van der Waals surface area (Å²) in [4.78, 5) is 40.0. The normalized spacial score (nSPS) is 12.6. The summed E-state index contributed by atoms with van der Waals surface area (Å²) in [7, 11) is 0. The molecule has 8 rings (SSSR count). The molecule has 154 valence electrons. The standard InChI is InChI=1S/C27H12N2O4/c30-25-15-9-3-6-12-18(15)28-16-10-4-1-7-13(16)19-21-22(27(32)33-26(21)31)20-14-8-2-5-11-17(14)29(25)24(20)23(19)28/h1-12H. The maximum absolute atomic E-state index is 14.0. The van der Waals surface area contributed by atoms with Crippen LogP contribution in [-0.2, 0) is 0 Å². The first-order valence-corrected chi connectivity index (χ1v) is 10.6. The lowest BCUT2D eigenvalue weighted by atomic mass is 10.0. The Labute approximate surface area is 182 Å². The lowest BCUT2D eigenvalue weighted by Gasteiger charge is -2.01. The van der Waals surface area contributed by atoms with E-state index in [0.29, 0.717) is 27.2 Å². The summed E-state index contributed by atoms with van der Waals surface area (Å²) in [6.07, 6.45) is 0. The van der Waals surface area contributed by atoms with Crippen LogP contribution in [0.4, 0.5) is 0 Å². The van der Waals surface area contributed by atoms with Crippen molar-refractivity contribution in [2.45, 2.75) is 0 Å². The van der Waals surface area contributed by atoms with Gasteiger partial charge in [-0.1, -0.05) is 48.5 Å². The SMILES string of the molecule is O=c1oc(=O)c2c1c1c3ccccc3n3c(=O)c4ccccc4n4c5ccccc5c2c4c13. The van der Waals surface area contributed by atoms with E-state index in [1.54, 1.807) is 4.40 Å². The molecular weight excluding hydrogens is 416 g/mol. The van der Waals surface area contributed by atoms with Crippen LogP contribution in [0.2, 0.25) is 0 Å². The predicted octanol–water partition coefficient (Wildman–Crippen LogP) is 4.51. The van der Waals surface area contributed by atoms with Crippen molar-refractivity contribution in [3.8, 4) is 0 Å². The van der Waals surface area contributed by atoms with Gasteiger partial charge in [-0.05, 0) is 24.3 Å². The Morgan fingerprint density at radius 2 is 0.909 bits per heavy atom. The molecular formula is C27H12N2O4. The van der Waals surface area contributed by atoms with Crippen molar-refractivity contribution in [1.29, 1.82) is 0 Å². The van der Waals surface area contributed by atoms with Crippen LogP contribution in [0.25, 0.3) is 65.3 Å². The topological polar surface area (TPSA) is 73.2 Å². The van der Waals surface area contributed by atoms with Crippen LogP contribution in [-0.4, -0.2) is 8.80 Å². The van der Waals surface area contributed by atoms with Gasteiger partial charge < -0.3 is 8.82 Å². The van der Waals surface area contributed by atoms with Crippen molar-refractivity contribution in [3.05, 3.63) is 104 Å². The van der Waals surface area contributed by atoms with E-state index in [9.17, 15) is 14.4 Å². The molecule has 0 aliphatic heterocycles. The zero-order valence-electron chi connectivity index (χ0n) is 17.0. The number of nitrogens with zero attached hydrogens (tertiary/aromatic N) is 2. The van der Waals surface area contributed by atoms with Gasteiger partial charge in [0, 0.05) is 21.5 Å². The average molecular weight is 428 g/mol. The molecule has 0 amide bonds. The minimum absolute atomic E-state index is 0.177. The van der Waals surface area contributed by atoms with Crippen LogP contribution in [0.5, 0.6) is 0 Å². The lowest BCUT2D eigenvalue weighted by molar-refractivity contribution is 0.500. The third kappa shape index (κ3) is 1.74. The molecule has 0 bridgehead atoms. The molecule has 4 aromatic heterocycles. The molecule has 0 saturated heterocycles. The Balaban J connectivity index is 2.03. The van der Waals surface area contributed by atoms with Gasteiger partial charge in [-0.25, -0.2) is 9.59 Å². The Morgan fingerprint density at radius 3 is 1.48 bits per heavy atom. The smallest absolute Gasteiger partial charge is 0.347 e. The number of fused-ring (bicyclic) bond motifs is 11. The van der Waals surface area contributed by atoms with Gasteiger partial charge in [-0.2, -0.15) is 0 Å². The van der Waals surface area contributed by atoms with Crippen molar-refractivity contribution in [3.63, 3.8) is 0 Å². The fraction of sp³-hybridized carbons (Fsp3) is 0. The number of rotatable bonds is 0. The Kier molecular flexibility index (Phi) is 2.75. The average Bonchev–Trinajstić information content (AvgIpc) is 3.43. The van der Waals surface area contributed by atoms with Crippen molar-refractivity contribution in [2.24, 2.45) is 0 Å². The van der Waals surface area contributed by atoms with E-state index < -0.39 is 11.3 Å². The molecule has 4 heterocycles. The second kappa shape index (κ2) is 5.37. The van der Waals surface area contributed by atoms with Gasteiger partial charge in [0.25, 0.3) is 5.56 Å². The monoisotopic (exact) mass is 428 g/mol. The summed E-state index contributed by atoms with van der Waals surface area (Å²) in [5, 5.41) is 3.84. The van der Waals surface area contributed by atoms with E-state index >= 15 is 0 Å². The molecule has 0 radical (unpaired) electrons. The number of hydrogen-bond acceptors (Lipinski definition) is 4. The maximum atomic E-state index is 14.0. The first-order chi connectivity index (χ1) is 16.2. The third-order valence-corrected chi connectivity index (χ3v) is 6.90. The molecule has 0 aliphatic carbocycles. The highest BCUT2D eigenvalue weighted by atomic mass is 16.4. The molecule has 6 heteroatoms. The molecule has 0 spiro atoms. The highest BCUT2D eigenvalue weighted by Crippen LogP contribution is 2.42. The van der Waals surface area contributed by atoms with Gasteiger partial charge >= 0.3 is 11.3 Å². The van der Waals surface area contributed by atoms with E-state index in [0.717, 1.165) is 27.3 Å². The zero-order valence-corrected chi connectivity index (χ0v) is 17.0. The van der Waals surface area contributed by atoms with Crippen LogP contribution in [0, 0.1) is 0 Å². The minimum atomic E-state index is -0.675. The number of para-hydroxylation sites is 3. The van der Waals surface area contributed by atoms with Crippen molar-refractivity contribution >= 4 is 65.3 Å². The minimum Gasteiger partial charge on any atom is -0.386 e. The molecule has 6 nitrogen and oxygen atoms in total. The summed E-state index contributed by atoms with van der Waals surface area (Å²) in [6.45, 7) is 0. The summed E-state index contributed by atoms with van der Waals surface area (Å²) in [5.41, 5.74) is 2.12. The molecule has 0 atom stereocenters. The first-order valence-electron chi connectivity index (χ1n) is 10.6. The number of aromatic nitrogens is 2. The molecule has 33 heavy (non-hydrogen) atoms. The molecule has 0 saturated carbocycles. The van der Waals surface area contributed by atoms with Crippen molar-refractivity contribution in [2.75, 3.05) is 0 Å². The highest BCUT2D eigenvalue weighted by Gasteiger charge is 2.28. The van der Waals surface area contributed by atoms with Crippen molar-refractivity contribution in [1.82, 2.24) is 8.80 Å². The third-order valence-electron chi connectivity index (χ3n) is 6.90.